The topological polar surface area (TPSA) is 63.3 Å². The Morgan fingerprint density at radius 3 is 2.64 bits per heavy atom. The van der Waals surface area contributed by atoms with E-state index in [1.54, 1.807) is 0 Å². The smallest absolute Gasteiger partial charge is 0.220 e. The van der Waals surface area contributed by atoms with Gasteiger partial charge in [0.1, 0.15) is 5.44 Å². The maximum Gasteiger partial charge on any atom is 0.220 e. The number of aliphatic hydroxyl groups is 1. The molecule has 0 saturated heterocycles. The van der Waals surface area contributed by atoms with Gasteiger partial charge in [-0.2, -0.15) is 0 Å². The number of rotatable bonds is 5. The Morgan fingerprint density at radius 1 is 1.43 bits per heavy atom. The molecule has 0 spiro atoms. The largest absolute Gasteiger partial charge is 0.382 e. The van der Waals surface area contributed by atoms with Crippen LogP contribution in [-0.4, -0.2) is 16.4 Å². The lowest BCUT2D eigenvalue weighted by Gasteiger charge is -2.07. The van der Waals surface area contributed by atoms with E-state index in [4.69, 9.17) is 5.73 Å². The van der Waals surface area contributed by atoms with E-state index in [0.29, 0.717) is 5.75 Å². The number of thioether (sulfide) groups is 1. The number of benzene rings is 1. The zero-order chi connectivity index (χ0) is 10.4. The fourth-order valence-corrected chi connectivity index (χ4v) is 1.86. The van der Waals surface area contributed by atoms with Crippen LogP contribution in [0.3, 0.4) is 0 Å². The zero-order valence-electron chi connectivity index (χ0n) is 7.72. The number of nitrogens with two attached hydrogens (primary N) is 1. The molecule has 0 aromatic heterocycles. The van der Waals surface area contributed by atoms with Crippen LogP contribution in [-0.2, 0) is 10.5 Å². The Hall–Kier alpha value is -1.00. The maximum atomic E-state index is 10.5. The summed E-state index contributed by atoms with van der Waals surface area (Å²) >= 11 is 1.31. The molecule has 0 aliphatic rings. The number of amides is 1. The highest BCUT2D eigenvalue weighted by atomic mass is 32.2. The van der Waals surface area contributed by atoms with Crippen LogP contribution in [0, 0.1) is 0 Å². The lowest BCUT2D eigenvalue weighted by atomic mass is 10.2. The normalized spacial score (nSPS) is 12.4. The first-order chi connectivity index (χ1) is 6.68. The molecule has 1 unspecified atom stereocenters. The van der Waals surface area contributed by atoms with Crippen molar-refractivity contribution in [2.75, 3.05) is 0 Å². The fourth-order valence-electron chi connectivity index (χ4n) is 0.998. The second-order valence-corrected chi connectivity index (χ2v) is 4.09. The van der Waals surface area contributed by atoms with E-state index in [1.165, 1.54) is 11.8 Å². The van der Waals surface area contributed by atoms with Crippen LogP contribution in [0.1, 0.15) is 12.0 Å². The Kier molecular flexibility index (Phi) is 4.49. The summed E-state index contributed by atoms with van der Waals surface area (Å²) in [6, 6.07) is 9.77. The number of carbonyl (C=O) groups excluding carboxylic acids is 1. The molecular formula is C10H13NO2S. The van der Waals surface area contributed by atoms with E-state index in [2.05, 4.69) is 0 Å². The molecule has 1 atom stereocenters. The van der Waals surface area contributed by atoms with E-state index in [1.807, 2.05) is 30.3 Å². The van der Waals surface area contributed by atoms with Gasteiger partial charge in [0.2, 0.25) is 5.91 Å². The SMILES string of the molecule is NC(=O)CC(O)SCc1ccccc1. The Bertz CT molecular complexity index is 289. The molecule has 0 heterocycles. The standard InChI is InChI=1S/C10H13NO2S/c11-9(12)6-10(13)14-7-8-4-2-1-3-5-8/h1-5,10,13H,6-7H2,(H2,11,12). The first-order valence-electron chi connectivity index (χ1n) is 4.30. The average Bonchev–Trinajstić information content (AvgIpc) is 2.15. The van der Waals surface area contributed by atoms with Crippen molar-refractivity contribution >= 4 is 17.7 Å². The molecule has 1 amide bonds. The van der Waals surface area contributed by atoms with Crippen molar-refractivity contribution in [2.24, 2.45) is 5.73 Å². The number of primary amides is 1. The van der Waals surface area contributed by atoms with Crippen LogP contribution in [0.2, 0.25) is 0 Å². The van der Waals surface area contributed by atoms with Gasteiger partial charge in [0.25, 0.3) is 0 Å². The van der Waals surface area contributed by atoms with Gasteiger partial charge in [-0.15, -0.1) is 11.8 Å². The maximum absolute atomic E-state index is 10.5. The highest BCUT2D eigenvalue weighted by molar-refractivity contribution is 7.98. The summed E-state index contributed by atoms with van der Waals surface area (Å²) in [5, 5.41) is 9.34. The minimum Gasteiger partial charge on any atom is -0.382 e. The molecular weight excluding hydrogens is 198 g/mol. The van der Waals surface area contributed by atoms with Gasteiger partial charge in [0, 0.05) is 5.75 Å². The van der Waals surface area contributed by atoms with Gasteiger partial charge in [-0.1, -0.05) is 30.3 Å². The van der Waals surface area contributed by atoms with Crippen molar-refractivity contribution in [1.82, 2.24) is 0 Å². The summed E-state index contributed by atoms with van der Waals surface area (Å²) < 4.78 is 0. The van der Waals surface area contributed by atoms with Crippen LogP contribution in [0.5, 0.6) is 0 Å². The predicted octanol–water partition coefficient (Wildman–Crippen LogP) is 1.11. The van der Waals surface area contributed by atoms with Crippen LogP contribution in [0.15, 0.2) is 30.3 Å². The third-order valence-corrected chi connectivity index (χ3v) is 2.71. The fraction of sp³-hybridized carbons (Fsp3) is 0.300. The predicted molar refractivity (Wildman–Crippen MR) is 57.6 cm³/mol. The van der Waals surface area contributed by atoms with Crippen molar-refractivity contribution in [1.29, 1.82) is 0 Å². The van der Waals surface area contributed by atoms with Gasteiger partial charge >= 0.3 is 0 Å². The molecule has 1 aromatic rings. The highest BCUT2D eigenvalue weighted by Crippen LogP contribution is 2.17. The molecule has 0 fully saturated rings. The minimum atomic E-state index is -0.701. The van der Waals surface area contributed by atoms with Crippen molar-refractivity contribution in [3.8, 4) is 0 Å². The molecule has 3 nitrogen and oxygen atoms in total. The van der Waals surface area contributed by atoms with Gasteiger partial charge in [-0.05, 0) is 5.56 Å². The average molecular weight is 211 g/mol. The first kappa shape index (κ1) is 11.1. The summed E-state index contributed by atoms with van der Waals surface area (Å²) in [5.41, 5.74) is 5.37. The Morgan fingerprint density at radius 2 is 2.07 bits per heavy atom. The van der Waals surface area contributed by atoms with Gasteiger partial charge in [-0.25, -0.2) is 0 Å². The molecule has 76 valence electrons. The molecule has 1 aromatic carbocycles. The summed E-state index contributed by atoms with van der Waals surface area (Å²) in [6.45, 7) is 0. The van der Waals surface area contributed by atoms with Crippen LogP contribution in [0.25, 0.3) is 0 Å². The minimum absolute atomic E-state index is 0.0114. The number of carbonyl (C=O) groups is 1. The van der Waals surface area contributed by atoms with Crippen LogP contribution in [0.4, 0.5) is 0 Å². The third kappa shape index (κ3) is 4.30. The van der Waals surface area contributed by atoms with Crippen LogP contribution >= 0.6 is 11.8 Å². The van der Waals surface area contributed by atoms with Gasteiger partial charge in [-0.3, -0.25) is 4.79 Å². The monoisotopic (exact) mass is 211 g/mol. The molecule has 0 aliphatic heterocycles. The van der Waals surface area contributed by atoms with Crippen molar-refractivity contribution < 1.29 is 9.90 Å². The third-order valence-electron chi connectivity index (χ3n) is 1.66. The molecule has 1 rings (SSSR count). The second-order valence-electron chi connectivity index (χ2n) is 2.92. The van der Waals surface area contributed by atoms with Crippen molar-refractivity contribution in [3.63, 3.8) is 0 Å². The lowest BCUT2D eigenvalue weighted by molar-refractivity contribution is -0.118. The Balaban J connectivity index is 2.30. The van der Waals surface area contributed by atoms with Crippen LogP contribution < -0.4 is 5.73 Å². The van der Waals surface area contributed by atoms with Crippen molar-refractivity contribution in [3.05, 3.63) is 35.9 Å². The lowest BCUT2D eigenvalue weighted by Crippen LogP contribution is -2.17. The molecule has 0 bridgehead atoms. The van der Waals surface area contributed by atoms with E-state index >= 15 is 0 Å². The summed E-state index contributed by atoms with van der Waals surface area (Å²) in [7, 11) is 0. The number of hydrogen-bond donors (Lipinski definition) is 2. The molecule has 0 radical (unpaired) electrons. The molecule has 0 aliphatic carbocycles. The summed E-state index contributed by atoms with van der Waals surface area (Å²) in [5.74, 6) is 0.216. The van der Waals surface area contributed by atoms with E-state index in [-0.39, 0.29) is 6.42 Å². The van der Waals surface area contributed by atoms with E-state index < -0.39 is 11.3 Å². The second kappa shape index (κ2) is 5.67. The number of hydrogen-bond acceptors (Lipinski definition) is 3. The quantitative estimate of drug-likeness (QED) is 0.717. The first-order valence-corrected chi connectivity index (χ1v) is 5.35. The van der Waals surface area contributed by atoms with Crippen molar-refractivity contribution in [2.45, 2.75) is 17.6 Å². The van der Waals surface area contributed by atoms with E-state index in [9.17, 15) is 9.90 Å². The molecule has 14 heavy (non-hydrogen) atoms. The summed E-state index contributed by atoms with van der Waals surface area (Å²) in [6.07, 6.45) is 0.0114. The van der Waals surface area contributed by atoms with Gasteiger partial charge in [0.05, 0.1) is 6.42 Å². The molecule has 0 saturated carbocycles. The molecule has 3 N–H and O–H groups in total. The highest BCUT2D eigenvalue weighted by Gasteiger charge is 2.07. The van der Waals surface area contributed by atoms with Gasteiger partial charge in [0.15, 0.2) is 0 Å². The molecule has 4 heteroatoms. The Labute approximate surface area is 87.3 Å². The number of aliphatic hydroxyl groups excluding tert-OH is 1. The van der Waals surface area contributed by atoms with Gasteiger partial charge < -0.3 is 10.8 Å². The zero-order valence-corrected chi connectivity index (χ0v) is 8.54. The van der Waals surface area contributed by atoms with E-state index in [0.717, 1.165) is 5.56 Å². The summed E-state index contributed by atoms with van der Waals surface area (Å²) in [4.78, 5) is 10.5.